The summed E-state index contributed by atoms with van der Waals surface area (Å²) in [6.07, 6.45) is 3.80. The van der Waals surface area contributed by atoms with Crippen molar-refractivity contribution in [2.45, 2.75) is 40.2 Å². The molecule has 1 unspecified atom stereocenters. The van der Waals surface area contributed by atoms with Crippen molar-refractivity contribution in [3.05, 3.63) is 59.3 Å². The average molecular weight is 546 g/mol. The van der Waals surface area contributed by atoms with Gasteiger partial charge in [-0.25, -0.2) is 13.8 Å². The van der Waals surface area contributed by atoms with E-state index in [1.807, 2.05) is 17.9 Å². The highest BCUT2D eigenvalue weighted by Gasteiger charge is 2.27. The van der Waals surface area contributed by atoms with Crippen molar-refractivity contribution in [1.29, 1.82) is 0 Å². The summed E-state index contributed by atoms with van der Waals surface area (Å²) in [6.45, 7) is 8.27. The van der Waals surface area contributed by atoms with E-state index in [0.29, 0.717) is 41.4 Å². The predicted molar refractivity (Wildman–Crippen MR) is 152 cm³/mol. The fraction of sp³-hybridized carbons (Fsp3) is 0.464. The molecule has 38 heavy (non-hydrogen) atoms. The molecule has 0 bridgehead atoms. The fourth-order valence-corrected chi connectivity index (χ4v) is 4.98. The Kier molecular flexibility index (Phi) is 9.89. The molecular weight excluding hydrogens is 508 g/mol. The van der Waals surface area contributed by atoms with Crippen LogP contribution >= 0.6 is 13.5 Å². The summed E-state index contributed by atoms with van der Waals surface area (Å²) < 4.78 is 32.8. The minimum absolute atomic E-state index is 0. The molecule has 2 aromatic carbocycles. The summed E-state index contributed by atoms with van der Waals surface area (Å²) in [5.41, 5.74) is 3.06. The maximum absolute atomic E-state index is 13.8. The lowest BCUT2D eigenvalue weighted by Crippen LogP contribution is -2.36. The van der Waals surface area contributed by atoms with E-state index in [1.54, 1.807) is 12.3 Å². The van der Waals surface area contributed by atoms with E-state index in [4.69, 9.17) is 9.72 Å². The first kappa shape index (κ1) is 29.6. The summed E-state index contributed by atoms with van der Waals surface area (Å²) >= 11 is 0. The molecule has 3 aromatic rings. The van der Waals surface area contributed by atoms with Gasteiger partial charge in [-0.1, -0.05) is 20.8 Å². The Balaban J connectivity index is 0.00000200. The van der Waals surface area contributed by atoms with Crippen molar-refractivity contribution >= 4 is 41.9 Å². The van der Waals surface area contributed by atoms with E-state index in [9.17, 15) is 13.6 Å². The Morgan fingerprint density at radius 2 is 1.92 bits per heavy atom. The number of nitrogens with one attached hydrogen (secondary N) is 1. The molecule has 1 aromatic heterocycles. The van der Waals surface area contributed by atoms with Gasteiger partial charge >= 0.3 is 0 Å². The number of hydrogen-bond acceptors (Lipinski definition) is 6. The molecule has 1 amide bonds. The van der Waals surface area contributed by atoms with Gasteiger partial charge in [0.15, 0.2) is 11.6 Å². The SMILES string of the molecule is C.CC[C@H]1CCN(C(=O)c2cc(C(C)Nc3ccc(F)c(F)c3)c3nc(N4CCOCC4)cnc3c2)C1.S. The number of carbonyl (C=O) groups is 1. The van der Waals surface area contributed by atoms with Gasteiger partial charge in [0.2, 0.25) is 0 Å². The molecule has 1 N–H and O–H groups in total. The topological polar surface area (TPSA) is 70.6 Å². The number of aromatic nitrogens is 2. The van der Waals surface area contributed by atoms with Crippen molar-refractivity contribution in [2.24, 2.45) is 5.92 Å². The first-order valence-electron chi connectivity index (χ1n) is 12.6. The molecule has 0 radical (unpaired) electrons. The van der Waals surface area contributed by atoms with E-state index < -0.39 is 11.6 Å². The fourth-order valence-electron chi connectivity index (χ4n) is 4.98. The second kappa shape index (κ2) is 12.7. The summed E-state index contributed by atoms with van der Waals surface area (Å²) in [5.74, 6) is -0.568. The van der Waals surface area contributed by atoms with Crippen molar-refractivity contribution in [2.75, 3.05) is 49.6 Å². The summed E-state index contributed by atoms with van der Waals surface area (Å²) in [7, 11) is 0. The molecule has 0 aliphatic carbocycles. The minimum Gasteiger partial charge on any atom is -0.378 e. The number of carbonyl (C=O) groups excluding carboxylic acids is 1. The van der Waals surface area contributed by atoms with Crippen LogP contribution in [0.3, 0.4) is 0 Å². The van der Waals surface area contributed by atoms with Crippen molar-refractivity contribution in [3.63, 3.8) is 0 Å². The van der Waals surface area contributed by atoms with Crippen molar-refractivity contribution < 1.29 is 18.3 Å². The largest absolute Gasteiger partial charge is 0.378 e. The van der Waals surface area contributed by atoms with E-state index in [1.165, 1.54) is 6.07 Å². The van der Waals surface area contributed by atoms with Gasteiger partial charge in [0, 0.05) is 49.1 Å². The number of fused-ring (bicyclic) bond motifs is 1. The van der Waals surface area contributed by atoms with Crippen LogP contribution in [0.25, 0.3) is 11.0 Å². The predicted octanol–water partition coefficient (Wildman–Crippen LogP) is 5.54. The number of ether oxygens (including phenoxy) is 1. The molecule has 7 nitrogen and oxygen atoms in total. The van der Waals surface area contributed by atoms with E-state index >= 15 is 0 Å². The van der Waals surface area contributed by atoms with Gasteiger partial charge in [-0.05, 0) is 43.5 Å². The lowest BCUT2D eigenvalue weighted by Gasteiger charge is -2.28. The second-order valence-electron chi connectivity index (χ2n) is 9.57. The summed E-state index contributed by atoms with van der Waals surface area (Å²) in [4.78, 5) is 27.1. The lowest BCUT2D eigenvalue weighted by molar-refractivity contribution is 0.0787. The lowest BCUT2D eigenvalue weighted by atomic mass is 10.0. The normalized spacial score (nSPS) is 18.1. The zero-order chi connectivity index (χ0) is 25.2. The zero-order valence-electron chi connectivity index (χ0n) is 21.1. The number of likely N-dealkylation sites (tertiary alicyclic amines) is 1. The van der Waals surface area contributed by atoms with Gasteiger partial charge in [0.25, 0.3) is 5.91 Å². The number of halogens is 2. The van der Waals surface area contributed by atoms with Crippen LogP contribution in [0.5, 0.6) is 0 Å². The van der Waals surface area contributed by atoms with Crippen LogP contribution < -0.4 is 10.2 Å². The third-order valence-electron chi connectivity index (χ3n) is 7.17. The number of hydrogen-bond donors (Lipinski definition) is 1. The summed E-state index contributed by atoms with van der Waals surface area (Å²) in [5, 5.41) is 3.24. The molecule has 0 saturated carbocycles. The monoisotopic (exact) mass is 545 g/mol. The molecule has 0 spiro atoms. The number of rotatable bonds is 6. The maximum atomic E-state index is 13.8. The zero-order valence-corrected chi connectivity index (χ0v) is 22.1. The van der Waals surface area contributed by atoms with Gasteiger partial charge in [-0.3, -0.25) is 9.78 Å². The van der Waals surface area contributed by atoms with Crippen LogP contribution in [0.2, 0.25) is 0 Å². The van der Waals surface area contributed by atoms with Crippen molar-refractivity contribution in [3.8, 4) is 0 Å². The first-order chi connectivity index (χ1) is 17.4. The van der Waals surface area contributed by atoms with Crippen LogP contribution in [0, 0.1) is 17.6 Å². The van der Waals surface area contributed by atoms with Gasteiger partial charge in [0.05, 0.1) is 36.5 Å². The quantitative estimate of drug-likeness (QED) is 0.439. The van der Waals surface area contributed by atoms with E-state index in [-0.39, 0.29) is 32.9 Å². The number of anilines is 2. The molecule has 5 rings (SSSR count). The third kappa shape index (κ3) is 6.18. The molecule has 2 fully saturated rings. The molecule has 2 atom stereocenters. The Morgan fingerprint density at radius 3 is 2.61 bits per heavy atom. The van der Waals surface area contributed by atoms with Crippen LogP contribution in [0.4, 0.5) is 20.3 Å². The first-order valence-corrected chi connectivity index (χ1v) is 12.6. The van der Waals surface area contributed by atoms with Crippen LogP contribution in [0.1, 0.15) is 56.1 Å². The van der Waals surface area contributed by atoms with E-state index in [0.717, 1.165) is 62.5 Å². The molecular formula is C28H37F2N5O2S. The Bertz CT molecular complexity index is 1270. The smallest absolute Gasteiger partial charge is 0.253 e. The number of morpholine rings is 1. The van der Waals surface area contributed by atoms with Crippen LogP contribution in [-0.2, 0) is 4.74 Å². The summed E-state index contributed by atoms with van der Waals surface area (Å²) in [6, 6.07) is 7.03. The van der Waals surface area contributed by atoms with E-state index in [2.05, 4.69) is 22.1 Å². The second-order valence-corrected chi connectivity index (χ2v) is 9.57. The number of nitrogens with zero attached hydrogens (tertiary/aromatic N) is 4. The Labute approximate surface area is 230 Å². The molecule has 10 heteroatoms. The molecule has 2 aliphatic rings. The van der Waals surface area contributed by atoms with Gasteiger partial charge in [-0.15, -0.1) is 0 Å². The van der Waals surface area contributed by atoms with Crippen LogP contribution in [0.15, 0.2) is 36.5 Å². The maximum Gasteiger partial charge on any atom is 0.253 e. The van der Waals surface area contributed by atoms with Crippen molar-refractivity contribution in [1.82, 2.24) is 14.9 Å². The molecule has 3 heterocycles. The molecule has 2 saturated heterocycles. The minimum atomic E-state index is -0.921. The van der Waals surface area contributed by atoms with Gasteiger partial charge < -0.3 is 19.9 Å². The van der Waals surface area contributed by atoms with Gasteiger partial charge in [-0.2, -0.15) is 13.5 Å². The Morgan fingerprint density at radius 1 is 1.16 bits per heavy atom. The Hall–Kier alpha value is -2.98. The number of benzene rings is 2. The molecule has 206 valence electrons. The average Bonchev–Trinajstić information content (AvgIpc) is 3.39. The standard InChI is InChI=1S/C27H31F2N5O2.CH4.H2S/c1-3-18-6-7-34(16-18)27(35)19-12-21(17(2)31-20-4-5-22(28)23(29)14-20)26-24(13-19)30-15-25(32-26)33-8-10-36-11-9-33;;/h4-5,12-15,17-18,31H,3,6-11,16H2,1-2H3;1H4;1H2/t17?,18-;;/m0../s1. The third-order valence-corrected chi connectivity index (χ3v) is 7.17. The van der Waals surface area contributed by atoms with Gasteiger partial charge in [0.1, 0.15) is 5.82 Å². The number of amides is 1. The van der Waals surface area contributed by atoms with Crippen LogP contribution in [-0.4, -0.2) is 60.2 Å². The highest BCUT2D eigenvalue weighted by Crippen LogP contribution is 2.30. The highest BCUT2D eigenvalue weighted by molar-refractivity contribution is 7.59. The highest BCUT2D eigenvalue weighted by atomic mass is 32.1. The molecule has 2 aliphatic heterocycles.